The van der Waals surface area contributed by atoms with Gasteiger partial charge in [0.1, 0.15) is 0 Å². The molecular weight excluding hydrogens is 238 g/mol. The summed E-state index contributed by atoms with van der Waals surface area (Å²) in [6.45, 7) is 2.61. The average Bonchev–Trinajstić information content (AvgIpc) is 2.39. The fraction of sp³-hybridized carbons (Fsp3) is 0.533. The van der Waals surface area contributed by atoms with Crippen LogP contribution in [0.15, 0.2) is 24.3 Å². The number of anilines is 1. The predicted octanol–water partition coefficient (Wildman–Crippen LogP) is 2.99. The van der Waals surface area contributed by atoms with Gasteiger partial charge in [0.15, 0.2) is 0 Å². The SMILES string of the molecule is CC1(NC(=O)Nc2cccc(CN)c2)CCCCC1. The molecule has 0 atom stereocenters. The Morgan fingerprint density at radius 2 is 2.05 bits per heavy atom. The number of rotatable bonds is 3. The highest BCUT2D eigenvalue weighted by Gasteiger charge is 2.28. The summed E-state index contributed by atoms with van der Waals surface area (Å²) in [4.78, 5) is 12.0. The van der Waals surface area contributed by atoms with Gasteiger partial charge in [-0.15, -0.1) is 0 Å². The lowest BCUT2D eigenvalue weighted by atomic mass is 9.83. The molecule has 0 unspecified atom stereocenters. The molecule has 1 fully saturated rings. The number of nitrogens with two attached hydrogens (primary N) is 1. The Morgan fingerprint density at radius 3 is 2.74 bits per heavy atom. The van der Waals surface area contributed by atoms with Crippen LogP contribution < -0.4 is 16.4 Å². The number of carbonyl (C=O) groups excluding carboxylic acids is 1. The summed E-state index contributed by atoms with van der Waals surface area (Å²) in [5.74, 6) is 0. The molecule has 1 saturated carbocycles. The first kappa shape index (κ1) is 13.9. The minimum absolute atomic E-state index is 0.0617. The van der Waals surface area contributed by atoms with Crippen LogP contribution in [0.2, 0.25) is 0 Å². The van der Waals surface area contributed by atoms with Gasteiger partial charge in [0.05, 0.1) is 0 Å². The van der Waals surface area contributed by atoms with Crippen LogP contribution in [-0.2, 0) is 6.54 Å². The molecule has 2 amide bonds. The highest BCUT2D eigenvalue weighted by atomic mass is 16.2. The fourth-order valence-corrected chi connectivity index (χ4v) is 2.67. The van der Waals surface area contributed by atoms with E-state index < -0.39 is 0 Å². The van der Waals surface area contributed by atoms with Gasteiger partial charge in [-0.1, -0.05) is 31.4 Å². The minimum atomic E-state index is -0.126. The summed E-state index contributed by atoms with van der Waals surface area (Å²) >= 11 is 0. The second-order valence-corrected chi connectivity index (χ2v) is 5.60. The lowest BCUT2D eigenvalue weighted by molar-refractivity contribution is 0.221. The third kappa shape index (κ3) is 3.96. The van der Waals surface area contributed by atoms with E-state index in [2.05, 4.69) is 17.6 Å². The molecule has 0 heterocycles. The van der Waals surface area contributed by atoms with Crippen molar-refractivity contribution in [3.63, 3.8) is 0 Å². The molecule has 1 aliphatic carbocycles. The van der Waals surface area contributed by atoms with Crippen molar-refractivity contribution >= 4 is 11.7 Å². The highest BCUT2D eigenvalue weighted by Crippen LogP contribution is 2.27. The molecule has 4 nitrogen and oxygen atoms in total. The molecule has 0 aromatic heterocycles. The Balaban J connectivity index is 1.93. The van der Waals surface area contributed by atoms with Gasteiger partial charge < -0.3 is 16.4 Å². The Labute approximate surface area is 114 Å². The van der Waals surface area contributed by atoms with Crippen LogP contribution in [-0.4, -0.2) is 11.6 Å². The van der Waals surface area contributed by atoms with Crippen LogP contribution in [0, 0.1) is 0 Å². The summed E-state index contributed by atoms with van der Waals surface area (Å²) in [6, 6.07) is 7.51. The van der Waals surface area contributed by atoms with Crippen LogP contribution in [0.3, 0.4) is 0 Å². The topological polar surface area (TPSA) is 67.2 Å². The predicted molar refractivity (Wildman–Crippen MR) is 78.0 cm³/mol. The van der Waals surface area contributed by atoms with Crippen molar-refractivity contribution in [2.75, 3.05) is 5.32 Å². The summed E-state index contributed by atoms with van der Waals surface area (Å²) in [6.07, 6.45) is 5.78. The molecule has 4 heteroatoms. The first-order chi connectivity index (χ1) is 9.11. The lowest BCUT2D eigenvalue weighted by Crippen LogP contribution is -2.48. The maximum Gasteiger partial charge on any atom is 0.319 e. The van der Waals surface area contributed by atoms with Crippen molar-refractivity contribution in [3.8, 4) is 0 Å². The van der Waals surface area contributed by atoms with E-state index in [0.29, 0.717) is 6.54 Å². The number of hydrogen-bond donors (Lipinski definition) is 3. The first-order valence-corrected chi connectivity index (χ1v) is 6.99. The van der Waals surface area contributed by atoms with Gasteiger partial charge in [0.25, 0.3) is 0 Å². The normalized spacial score (nSPS) is 17.8. The van der Waals surface area contributed by atoms with Gasteiger partial charge in [-0.2, -0.15) is 0 Å². The van der Waals surface area contributed by atoms with Crippen LogP contribution in [0.5, 0.6) is 0 Å². The van der Waals surface area contributed by atoms with E-state index in [1.807, 2.05) is 24.3 Å². The number of nitrogens with one attached hydrogen (secondary N) is 2. The van der Waals surface area contributed by atoms with Crippen molar-refractivity contribution in [2.45, 2.75) is 51.1 Å². The number of carbonyl (C=O) groups is 1. The van der Waals surface area contributed by atoms with Crippen LogP contribution in [0.25, 0.3) is 0 Å². The highest BCUT2D eigenvalue weighted by molar-refractivity contribution is 5.89. The number of benzene rings is 1. The lowest BCUT2D eigenvalue weighted by Gasteiger charge is -2.34. The summed E-state index contributed by atoms with van der Waals surface area (Å²) in [5.41, 5.74) is 7.34. The standard InChI is InChI=1S/C15H23N3O/c1-15(8-3-2-4-9-15)18-14(19)17-13-7-5-6-12(10-13)11-16/h5-7,10H,2-4,8-9,11,16H2,1H3,(H2,17,18,19). The van der Waals surface area contributed by atoms with Gasteiger partial charge in [0.2, 0.25) is 0 Å². The van der Waals surface area contributed by atoms with E-state index in [1.54, 1.807) is 0 Å². The van der Waals surface area contributed by atoms with E-state index >= 15 is 0 Å². The smallest absolute Gasteiger partial charge is 0.319 e. The second-order valence-electron chi connectivity index (χ2n) is 5.60. The molecule has 0 bridgehead atoms. The van der Waals surface area contributed by atoms with Crippen molar-refractivity contribution < 1.29 is 4.79 Å². The monoisotopic (exact) mass is 261 g/mol. The molecule has 1 aliphatic rings. The van der Waals surface area contributed by atoms with Crippen LogP contribution in [0.1, 0.15) is 44.6 Å². The Kier molecular flexibility index (Phi) is 4.43. The Morgan fingerprint density at radius 1 is 1.32 bits per heavy atom. The zero-order chi connectivity index (χ0) is 13.7. The third-order valence-corrected chi connectivity index (χ3v) is 3.79. The maximum atomic E-state index is 12.0. The molecule has 0 saturated heterocycles. The third-order valence-electron chi connectivity index (χ3n) is 3.79. The van der Waals surface area contributed by atoms with Gasteiger partial charge in [0, 0.05) is 17.8 Å². The fourth-order valence-electron chi connectivity index (χ4n) is 2.67. The van der Waals surface area contributed by atoms with Gasteiger partial charge in [-0.05, 0) is 37.5 Å². The molecule has 1 aromatic rings. The second kappa shape index (κ2) is 6.06. The summed E-state index contributed by atoms with van der Waals surface area (Å²) in [5, 5.41) is 5.98. The van der Waals surface area contributed by atoms with E-state index in [4.69, 9.17) is 5.73 Å². The first-order valence-electron chi connectivity index (χ1n) is 6.99. The van der Waals surface area contributed by atoms with Gasteiger partial charge in [-0.3, -0.25) is 0 Å². The van der Waals surface area contributed by atoms with E-state index in [9.17, 15) is 4.79 Å². The number of amides is 2. The Hall–Kier alpha value is -1.55. The van der Waals surface area contributed by atoms with Gasteiger partial charge in [-0.25, -0.2) is 4.79 Å². The van der Waals surface area contributed by atoms with E-state index in [-0.39, 0.29) is 11.6 Å². The zero-order valence-corrected chi connectivity index (χ0v) is 11.5. The van der Waals surface area contributed by atoms with Gasteiger partial charge >= 0.3 is 6.03 Å². The van der Waals surface area contributed by atoms with E-state index in [1.165, 1.54) is 19.3 Å². The summed E-state index contributed by atoms with van der Waals surface area (Å²) < 4.78 is 0. The average molecular weight is 261 g/mol. The maximum absolute atomic E-state index is 12.0. The molecule has 0 radical (unpaired) electrons. The van der Waals surface area contributed by atoms with E-state index in [0.717, 1.165) is 24.1 Å². The van der Waals surface area contributed by atoms with Crippen molar-refractivity contribution in [1.29, 1.82) is 0 Å². The molecule has 19 heavy (non-hydrogen) atoms. The van der Waals surface area contributed by atoms with Crippen molar-refractivity contribution in [3.05, 3.63) is 29.8 Å². The van der Waals surface area contributed by atoms with Crippen molar-refractivity contribution in [1.82, 2.24) is 5.32 Å². The van der Waals surface area contributed by atoms with Crippen molar-refractivity contribution in [2.24, 2.45) is 5.73 Å². The largest absolute Gasteiger partial charge is 0.333 e. The molecule has 0 aliphatic heterocycles. The minimum Gasteiger partial charge on any atom is -0.333 e. The molecule has 4 N–H and O–H groups in total. The molecule has 0 spiro atoms. The quantitative estimate of drug-likeness (QED) is 0.783. The molecule has 1 aromatic carbocycles. The number of urea groups is 1. The number of hydrogen-bond acceptors (Lipinski definition) is 2. The van der Waals surface area contributed by atoms with Crippen LogP contribution in [0.4, 0.5) is 10.5 Å². The van der Waals surface area contributed by atoms with Crippen LogP contribution >= 0.6 is 0 Å². The molecule has 2 rings (SSSR count). The summed E-state index contributed by atoms with van der Waals surface area (Å²) in [7, 11) is 0. The zero-order valence-electron chi connectivity index (χ0n) is 11.5. The molecular formula is C15H23N3O. The Bertz CT molecular complexity index is 439. The molecule has 104 valence electrons.